The largest absolute Gasteiger partial charge is 0.351 e. The molecule has 1 aromatic carbocycles. The highest BCUT2D eigenvalue weighted by Gasteiger charge is 2.50. The zero-order chi connectivity index (χ0) is 21.2. The Morgan fingerprint density at radius 1 is 1.14 bits per heavy atom. The van der Waals surface area contributed by atoms with Gasteiger partial charge in [-0.2, -0.15) is 4.31 Å². The van der Waals surface area contributed by atoms with Crippen molar-refractivity contribution in [3.63, 3.8) is 0 Å². The van der Waals surface area contributed by atoms with Gasteiger partial charge < -0.3 is 5.32 Å². The van der Waals surface area contributed by atoms with Gasteiger partial charge >= 0.3 is 0 Å². The molecule has 1 saturated carbocycles. The molecule has 3 rings (SSSR count). The molecule has 0 bridgehead atoms. The summed E-state index contributed by atoms with van der Waals surface area (Å²) < 4.78 is 25.4. The summed E-state index contributed by atoms with van der Waals surface area (Å²) in [4.78, 5) is 27.8. The molecular formula is C20H28ClN3O4S. The van der Waals surface area contributed by atoms with E-state index in [0.717, 1.165) is 49.1 Å². The Kier molecular flexibility index (Phi) is 6.55. The smallest absolute Gasteiger partial charge is 0.247 e. The van der Waals surface area contributed by atoms with Crippen LogP contribution in [0.1, 0.15) is 45.4 Å². The molecule has 1 aliphatic carbocycles. The van der Waals surface area contributed by atoms with Crippen LogP contribution in [-0.2, 0) is 19.6 Å². The summed E-state index contributed by atoms with van der Waals surface area (Å²) in [6, 6.07) is 6.69. The van der Waals surface area contributed by atoms with Crippen molar-refractivity contribution in [1.29, 1.82) is 0 Å². The number of hydrogen-bond donors (Lipinski definition) is 1. The van der Waals surface area contributed by atoms with Crippen LogP contribution in [0.5, 0.6) is 0 Å². The van der Waals surface area contributed by atoms with Crippen LogP contribution < -0.4 is 10.2 Å². The summed E-state index contributed by atoms with van der Waals surface area (Å²) in [6.07, 6.45) is 7.26. The molecule has 2 fully saturated rings. The molecular weight excluding hydrogens is 414 g/mol. The summed E-state index contributed by atoms with van der Waals surface area (Å²) in [7, 11) is -3.63. The van der Waals surface area contributed by atoms with E-state index in [4.69, 9.17) is 11.6 Å². The summed E-state index contributed by atoms with van der Waals surface area (Å²) in [6.45, 7) is 1.23. The second kappa shape index (κ2) is 8.62. The number of hydrogen-bond acceptors (Lipinski definition) is 4. The van der Waals surface area contributed by atoms with Crippen molar-refractivity contribution < 1.29 is 18.0 Å². The summed E-state index contributed by atoms with van der Waals surface area (Å²) in [5.41, 5.74) is -0.843. The van der Waals surface area contributed by atoms with Crippen LogP contribution in [0.4, 0.5) is 5.69 Å². The maximum absolute atomic E-state index is 13.4. The van der Waals surface area contributed by atoms with E-state index < -0.39 is 21.5 Å². The highest BCUT2D eigenvalue weighted by molar-refractivity contribution is 7.88. The third-order valence-corrected chi connectivity index (χ3v) is 7.22. The average Bonchev–Trinajstić information content (AvgIpc) is 2.90. The van der Waals surface area contributed by atoms with Gasteiger partial charge in [0.05, 0.1) is 12.8 Å². The van der Waals surface area contributed by atoms with Crippen molar-refractivity contribution in [2.75, 3.05) is 24.2 Å². The number of nitrogens with zero attached hydrogens (tertiary/aromatic N) is 2. The standard InChI is InChI=1S/C20H28ClN3O4S/c1-20(19(26)22-16-7-5-3-4-6-8-16)14-23(29(2,27)28)13-18(25)24(20)17-11-9-15(21)10-12-17/h9-12,16H,3-8,13-14H2,1-2H3,(H,22,26)/t20-/m0/s1. The number of amides is 2. The van der Waals surface area contributed by atoms with Crippen molar-refractivity contribution in [3.05, 3.63) is 29.3 Å². The lowest BCUT2D eigenvalue weighted by atomic mass is 9.93. The lowest BCUT2D eigenvalue weighted by Crippen LogP contribution is -2.70. The highest BCUT2D eigenvalue weighted by Crippen LogP contribution is 2.32. The van der Waals surface area contributed by atoms with Crippen LogP contribution in [0.15, 0.2) is 24.3 Å². The molecule has 7 nitrogen and oxygen atoms in total. The van der Waals surface area contributed by atoms with E-state index >= 15 is 0 Å². The van der Waals surface area contributed by atoms with Gasteiger partial charge in [0.2, 0.25) is 21.8 Å². The zero-order valence-corrected chi connectivity index (χ0v) is 18.4. The predicted octanol–water partition coefficient (Wildman–Crippen LogP) is 2.55. The van der Waals surface area contributed by atoms with Crippen LogP contribution in [0.25, 0.3) is 0 Å². The predicted molar refractivity (Wildman–Crippen MR) is 113 cm³/mol. The lowest BCUT2D eigenvalue weighted by molar-refractivity contribution is -0.133. The molecule has 9 heteroatoms. The van der Waals surface area contributed by atoms with Crippen LogP contribution >= 0.6 is 11.6 Å². The number of halogens is 1. The number of piperazine rings is 1. The van der Waals surface area contributed by atoms with Gasteiger partial charge in [-0.1, -0.05) is 37.3 Å². The minimum absolute atomic E-state index is 0.0394. The van der Waals surface area contributed by atoms with Crippen LogP contribution in [0.3, 0.4) is 0 Å². The third-order valence-electron chi connectivity index (χ3n) is 5.77. The molecule has 1 aliphatic heterocycles. The molecule has 160 valence electrons. The molecule has 29 heavy (non-hydrogen) atoms. The number of rotatable bonds is 4. The Hall–Kier alpha value is -1.64. The Labute approximate surface area is 177 Å². The fourth-order valence-corrected chi connectivity index (χ4v) is 5.12. The van der Waals surface area contributed by atoms with Gasteiger partial charge in [0, 0.05) is 23.3 Å². The Morgan fingerprint density at radius 3 is 2.28 bits per heavy atom. The fourth-order valence-electron chi connectivity index (χ4n) is 4.16. The van der Waals surface area contributed by atoms with E-state index in [0.29, 0.717) is 10.7 Å². The van der Waals surface area contributed by atoms with Gasteiger partial charge in [0.1, 0.15) is 5.54 Å². The zero-order valence-electron chi connectivity index (χ0n) is 16.9. The first-order valence-corrected chi connectivity index (χ1v) is 12.2. The van der Waals surface area contributed by atoms with Crippen LogP contribution in [0, 0.1) is 0 Å². The molecule has 2 amide bonds. The van der Waals surface area contributed by atoms with Crippen molar-refractivity contribution in [2.45, 2.75) is 57.0 Å². The third kappa shape index (κ3) is 4.92. The second-order valence-electron chi connectivity index (χ2n) is 8.17. The van der Waals surface area contributed by atoms with Crippen molar-refractivity contribution in [1.82, 2.24) is 9.62 Å². The van der Waals surface area contributed by atoms with Crippen LogP contribution in [-0.4, -0.2) is 55.5 Å². The van der Waals surface area contributed by atoms with Crippen molar-refractivity contribution in [2.24, 2.45) is 0 Å². The molecule has 1 atom stereocenters. The second-order valence-corrected chi connectivity index (χ2v) is 10.6. The first kappa shape index (κ1) is 22.1. The molecule has 1 heterocycles. The first-order valence-electron chi connectivity index (χ1n) is 9.96. The summed E-state index contributed by atoms with van der Waals surface area (Å²) >= 11 is 5.98. The van der Waals surface area contributed by atoms with E-state index in [1.807, 2.05) is 0 Å². The summed E-state index contributed by atoms with van der Waals surface area (Å²) in [5, 5.41) is 3.61. The van der Waals surface area contributed by atoms with Crippen molar-refractivity contribution in [3.8, 4) is 0 Å². The van der Waals surface area contributed by atoms with Crippen molar-refractivity contribution >= 4 is 39.1 Å². The topological polar surface area (TPSA) is 86.8 Å². The van der Waals surface area contributed by atoms with E-state index in [-0.39, 0.29) is 25.0 Å². The number of sulfonamides is 1. The highest BCUT2D eigenvalue weighted by atomic mass is 35.5. The van der Waals surface area contributed by atoms with E-state index in [1.54, 1.807) is 31.2 Å². The normalized spacial score (nSPS) is 24.9. The average molecular weight is 442 g/mol. The van der Waals surface area contributed by atoms with Gasteiger partial charge in [-0.15, -0.1) is 0 Å². The molecule has 1 N–H and O–H groups in total. The number of carbonyl (C=O) groups is 2. The number of carbonyl (C=O) groups excluding carboxylic acids is 2. The fraction of sp³-hybridized carbons (Fsp3) is 0.600. The lowest BCUT2D eigenvalue weighted by Gasteiger charge is -2.47. The molecule has 1 saturated heterocycles. The molecule has 1 aromatic rings. The number of benzene rings is 1. The Balaban J connectivity index is 1.95. The molecule has 2 aliphatic rings. The Morgan fingerprint density at radius 2 is 1.72 bits per heavy atom. The molecule has 0 aromatic heterocycles. The number of anilines is 1. The molecule has 0 unspecified atom stereocenters. The molecule has 0 radical (unpaired) electrons. The maximum atomic E-state index is 13.4. The minimum Gasteiger partial charge on any atom is -0.351 e. The minimum atomic E-state index is -3.63. The van der Waals surface area contributed by atoms with Gasteiger partial charge in [0.15, 0.2) is 0 Å². The monoisotopic (exact) mass is 441 g/mol. The first-order chi connectivity index (χ1) is 13.6. The quantitative estimate of drug-likeness (QED) is 0.727. The van der Waals surface area contributed by atoms with Gasteiger partial charge in [0.25, 0.3) is 0 Å². The number of nitrogens with one attached hydrogen (secondary N) is 1. The SMILES string of the molecule is C[C@@]1(C(=O)NC2CCCCCC2)CN(S(C)(=O)=O)CC(=O)N1c1ccc(Cl)cc1. The van der Waals surface area contributed by atoms with E-state index in [9.17, 15) is 18.0 Å². The van der Waals surface area contributed by atoms with Gasteiger partial charge in [-0.3, -0.25) is 14.5 Å². The van der Waals surface area contributed by atoms with E-state index in [2.05, 4.69) is 5.32 Å². The van der Waals surface area contributed by atoms with Crippen LogP contribution in [0.2, 0.25) is 5.02 Å². The van der Waals surface area contributed by atoms with Gasteiger partial charge in [-0.25, -0.2) is 8.42 Å². The summed E-state index contributed by atoms with van der Waals surface area (Å²) in [5.74, 6) is -0.774. The molecule has 0 spiro atoms. The van der Waals surface area contributed by atoms with E-state index in [1.165, 1.54) is 4.90 Å². The Bertz CT molecular complexity index is 866. The maximum Gasteiger partial charge on any atom is 0.247 e. The van der Waals surface area contributed by atoms with Gasteiger partial charge in [-0.05, 0) is 44.0 Å².